The molecule has 0 heterocycles. The highest BCUT2D eigenvalue weighted by Gasteiger charge is 2.23. The Morgan fingerprint density at radius 3 is 2.25 bits per heavy atom. The molecule has 0 atom stereocenters. The number of ketones is 1. The number of rotatable bonds is 3. The molecule has 0 fully saturated rings. The SMILES string of the molecule is CC(=O)c1cccc(S(=O)(=O)O)c1I(=O)=O. The van der Waals surface area contributed by atoms with Crippen LogP contribution in [0.2, 0.25) is 0 Å². The van der Waals surface area contributed by atoms with Gasteiger partial charge >= 0.3 is 19.8 Å². The van der Waals surface area contributed by atoms with Crippen molar-refractivity contribution in [3.63, 3.8) is 0 Å². The third kappa shape index (κ3) is 2.62. The van der Waals surface area contributed by atoms with E-state index in [2.05, 4.69) is 0 Å². The second kappa shape index (κ2) is 4.55. The van der Waals surface area contributed by atoms with Gasteiger partial charge in [-0.25, -0.2) is 6.14 Å². The first-order valence-electron chi connectivity index (χ1n) is 3.92. The van der Waals surface area contributed by atoms with Crippen LogP contribution in [-0.2, 0) is 16.3 Å². The van der Waals surface area contributed by atoms with Crippen molar-refractivity contribution in [3.8, 4) is 0 Å². The van der Waals surface area contributed by atoms with Crippen LogP contribution in [0.1, 0.15) is 17.3 Å². The summed E-state index contributed by atoms with van der Waals surface area (Å²) in [6.07, 6.45) is 0. The van der Waals surface area contributed by atoms with E-state index >= 15 is 0 Å². The fourth-order valence-corrected chi connectivity index (χ4v) is 4.63. The third-order valence-electron chi connectivity index (χ3n) is 1.77. The molecule has 1 aromatic carbocycles. The monoisotopic (exact) mass is 358 g/mol. The maximum absolute atomic E-state index is 11.1. The number of halogens is 1. The van der Waals surface area contributed by atoms with Gasteiger partial charge in [0.15, 0.2) is 5.78 Å². The molecular weight excluding hydrogens is 351 g/mol. The molecular formula is C8H7IO6S. The van der Waals surface area contributed by atoms with E-state index in [1.54, 1.807) is 0 Å². The minimum atomic E-state index is -4.65. The molecule has 1 rings (SSSR count). The fourth-order valence-electron chi connectivity index (χ4n) is 1.14. The molecule has 0 amide bonds. The zero-order chi connectivity index (χ0) is 12.5. The van der Waals surface area contributed by atoms with Gasteiger partial charge in [-0.3, -0.25) is 9.35 Å². The lowest BCUT2D eigenvalue weighted by Gasteiger charge is -2.03. The predicted molar refractivity (Wildman–Crippen MR) is 60.4 cm³/mol. The first-order chi connectivity index (χ1) is 7.25. The normalized spacial score (nSPS) is 11.7. The molecule has 0 aliphatic heterocycles. The van der Waals surface area contributed by atoms with Crippen molar-refractivity contribution in [1.82, 2.24) is 0 Å². The van der Waals surface area contributed by atoms with Crippen LogP contribution in [0.4, 0.5) is 0 Å². The third-order valence-corrected chi connectivity index (χ3v) is 5.08. The highest BCUT2D eigenvalue weighted by Crippen LogP contribution is 2.29. The summed E-state index contributed by atoms with van der Waals surface area (Å²) in [5.41, 5.74) is -0.217. The van der Waals surface area contributed by atoms with Crippen LogP contribution in [0.15, 0.2) is 23.1 Å². The number of Topliss-reactive ketones (excluding diaryl/α,β-unsaturated/α-hetero) is 1. The van der Waals surface area contributed by atoms with Gasteiger partial charge in [0.05, 0.1) is 0 Å². The average molecular weight is 358 g/mol. The molecule has 1 N–H and O–H groups in total. The van der Waals surface area contributed by atoms with Crippen LogP contribution in [0.5, 0.6) is 0 Å². The molecule has 0 bridgehead atoms. The van der Waals surface area contributed by atoms with Crippen molar-refractivity contribution in [2.75, 3.05) is 0 Å². The van der Waals surface area contributed by atoms with Crippen LogP contribution in [0.25, 0.3) is 0 Å². The first kappa shape index (κ1) is 13.2. The van der Waals surface area contributed by atoms with Crippen LogP contribution < -0.4 is 0 Å². The number of hydrogen-bond donors (Lipinski definition) is 1. The smallest absolute Gasteiger partial charge is 0.294 e. The fraction of sp³-hybridized carbons (Fsp3) is 0.125. The average Bonchev–Trinajstić information content (AvgIpc) is 2.14. The Kier molecular flexibility index (Phi) is 3.76. The van der Waals surface area contributed by atoms with Crippen molar-refractivity contribution in [2.24, 2.45) is 0 Å². The maximum atomic E-state index is 11.1. The van der Waals surface area contributed by atoms with Gasteiger partial charge in [-0.15, -0.1) is 0 Å². The van der Waals surface area contributed by atoms with Gasteiger partial charge in [-0.05, 0) is 13.0 Å². The van der Waals surface area contributed by atoms with Crippen LogP contribution in [-0.4, -0.2) is 18.8 Å². The summed E-state index contributed by atoms with van der Waals surface area (Å²) < 4.78 is 52.1. The minimum absolute atomic E-state index is 0.217. The van der Waals surface area contributed by atoms with Gasteiger partial charge in [0.1, 0.15) is 8.47 Å². The van der Waals surface area contributed by atoms with Crippen LogP contribution in [0.3, 0.4) is 0 Å². The standard InChI is InChI=1S/C8H7IO6S/c1-5(10)6-3-2-4-7(16(13,14)15)8(6)9(11)12/h2-4H,1H3,(H,13,14,15). The van der Waals surface area contributed by atoms with E-state index in [0.717, 1.165) is 13.0 Å². The molecule has 0 saturated carbocycles. The lowest BCUT2D eigenvalue weighted by molar-refractivity contribution is 0.101. The van der Waals surface area contributed by atoms with E-state index in [-0.39, 0.29) is 5.56 Å². The van der Waals surface area contributed by atoms with Gasteiger partial charge in [0.25, 0.3) is 10.1 Å². The van der Waals surface area contributed by atoms with E-state index in [4.69, 9.17) is 4.55 Å². The Bertz CT molecular complexity index is 605. The second-order valence-electron chi connectivity index (χ2n) is 2.87. The highest BCUT2D eigenvalue weighted by atomic mass is 127. The molecule has 88 valence electrons. The zero-order valence-electron chi connectivity index (χ0n) is 8.01. The van der Waals surface area contributed by atoms with Crippen molar-refractivity contribution >= 4 is 35.7 Å². The molecule has 0 unspecified atom stereocenters. The summed E-state index contributed by atoms with van der Waals surface area (Å²) in [4.78, 5) is 10.4. The Hall–Kier alpha value is -0.870. The Morgan fingerprint density at radius 1 is 1.31 bits per heavy atom. The molecule has 0 saturated heterocycles. The predicted octanol–water partition coefficient (Wildman–Crippen LogP) is 1.50. The maximum Gasteiger partial charge on any atom is 0.343 e. The molecule has 0 aliphatic carbocycles. The summed E-state index contributed by atoms with van der Waals surface area (Å²) in [6, 6.07) is 3.34. The summed E-state index contributed by atoms with van der Waals surface area (Å²) >= 11 is -4.20. The van der Waals surface area contributed by atoms with Gasteiger partial charge in [0.2, 0.25) is 0 Å². The molecule has 6 nitrogen and oxygen atoms in total. The minimum Gasteiger partial charge on any atom is -0.294 e. The van der Waals surface area contributed by atoms with E-state index in [9.17, 15) is 19.4 Å². The number of carbonyl (C=O) groups excluding carboxylic acids is 1. The molecule has 0 radical (unpaired) electrons. The van der Waals surface area contributed by atoms with Crippen molar-refractivity contribution in [1.29, 1.82) is 0 Å². The summed E-state index contributed by atoms with van der Waals surface area (Å²) in [6.45, 7) is 1.12. The molecule has 16 heavy (non-hydrogen) atoms. The van der Waals surface area contributed by atoms with Crippen LogP contribution in [0, 0.1) is 3.57 Å². The number of benzene rings is 1. The van der Waals surface area contributed by atoms with E-state index in [1.165, 1.54) is 12.1 Å². The topological polar surface area (TPSA) is 106 Å². The summed E-state index contributed by atoms with van der Waals surface area (Å²) in [5.74, 6) is -0.575. The van der Waals surface area contributed by atoms with Crippen molar-refractivity contribution < 1.29 is 23.9 Å². The largest absolute Gasteiger partial charge is 0.343 e. The molecule has 0 aliphatic rings. The molecule has 1 aromatic rings. The van der Waals surface area contributed by atoms with Crippen molar-refractivity contribution in [2.45, 2.75) is 11.8 Å². The summed E-state index contributed by atoms with van der Waals surface area (Å²) in [5, 5.41) is 0. The molecule has 8 heteroatoms. The molecule has 0 spiro atoms. The number of hydrogen-bond acceptors (Lipinski definition) is 5. The number of carbonyl (C=O) groups is 1. The van der Waals surface area contributed by atoms with Gasteiger partial charge < -0.3 is 0 Å². The zero-order valence-corrected chi connectivity index (χ0v) is 11.0. The lowest BCUT2D eigenvalue weighted by atomic mass is 10.2. The van der Waals surface area contributed by atoms with E-state index in [1.807, 2.05) is 0 Å². The lowest BCUT2D eigenvalue weighted by Crippen LogP contribution is -2.06. The first-order valence-corrected chi connectivity index (χ1v) is 8.20. The van der Waals surface area contributed by atoms with E-state index in [0.29, 0.717) is 0 Å². The summed E-state index contributed by atoms with van der Waals surface area (Å²) in [7, 11) is -4.65. The van der Waals surface area contributed by atoms with Gasteiger partial charge in [0, 0.05) is 5.56 Å². The van der Waals surface area contributed by atoms with Gasteiger partial charge in [-0.1, -0.05) is 12.1 Å². The van der Waals surface area contributed by atoms with E-state index < -0.39 is 44.2 Å². The van der Waals surface area contributed by atoms with Crippen LogP contribution >= 0.6 is 19.8 Å². The second-order valence-corrected chi connectivity index (χ2v) is 6.58. The highest BCUT2D eigenvalue weighted by molar-refractivity contribution is 14.2. The Balaban J connectivity index is 3.79. The van der Waals surface area contributed by atoms with Crippen molar-refractivity contribution in [3.05, 3.63) is 27.3 Å². The molecule has 0 aromatic heterocycles. The quantitative estimate of drug-likeness (QED) is 0.499. The Morgan fingerprint density at radius 2 is 1.88 bits per heavy atom. The van der Waals surface area contributed by atoms with Gasteiger partial charge in [-0.2, -0.15) is 8.42 Å². The Labute approximate surface area is 98.6 Å².